The van der Waals surface area contributed by atoms with E-state index in [1.165, 1.54) is 0 Å². The summed E-state index contributed by atoms with van der Waals surface area (Å²) >= 11 is 0. The van der Waals surface area contributed by atoms with E-state index in [4.69, 9.17) is 14.2 Å². The van der Waals surface area contributed by atoms with Crippen molar-refractivity contribution in [3.8, 4) is 28.4 Å². The molecule has 1 N–H and O–H groups in total. The maximum absolute atomic E-state index is 11.9. The van der Waals surface area contributed by atoms with Crippen molar-refractivity contribution in [2.75, 3.05) is 19.8 Å². The molecular formula is C23H20N2O4. The molecule has 6 nitrogen and oxygen atoms in total. The molecular weight excluding hydrogens is 368 g/mol. The number of carbonyl (C=O) groups is 1. The quantitative estimate of drug-likeness (QED) is 0.517. The van der Waals surface area contributed by atoms with E-state index in [0.717, 1.165) is 16.7 Å². The van der Waals surface area contributed by atoms with E-state index in [2.05, 4.69) is 10.5 Å². The van der Waals surface area contributed by atoms with Crippen LogP contribution in [0.2, 0.25) is 0 Å². The SMILES string of the molecule is O=C(COc1ccc(-c2ccccc2)cc1)N/N=C\c1ccc2c(c1)OCCO2. The Bertz CT molecular complexity index is 1000. The highest BCUT2D eigenvalue weighted by Gasteiger charge is 2.11. The molecule has 1 aliphatic rings. The first-order valence-corrected chi connectivity index (χ1v) is 9.28. The standard InChI is InChI=1S/C23H20N2O4/c26-23(25-24-15-17-6-11-21-22(14-17)28-13-12-27-21)16-29-20-9-7-19(8-10-20)18-4-2-1-3-5-18/h1-11,14-15H,12-13,16H2,(H,25,26)/b24-15-. The number of amides is 1. The molecule has 0 saturated carbocycles. The Balaban J connectivity index is 1.26. The van der Waals surface area contributed by atoms with Crippen molar-refractivity contribution in [3.05, 3.63) is 78.4 Å². The third-order valence-corrected chi connectivity index (χ3v) is 4.30. The molecule has 0 radical (unpaired) electrons. The Morgan fingerprint density at radius 1 is 0.931 bits per heavy atom. The second-order valence-corrected chi connectivity index (χ2v) is 6.38. The van der Waals surface area contributed by atoms with E-state index in [0.29, 0.717) is 30.5 Å². The third kappa shape index (κ3) is 4.93. The summed E-state index contributed by atoms with van der Waals surface area (Å²) < 4.78 is 16.5. The molecule has 3 aromatic rings. The predicted octanol–water partition coefficient (Wildman–Crippen LogP) is 3.65. The van der Waals surface area contributed by atoms with E-state index in [1.54, 1.807) is 6.21 Å². The normalized spacial score (nSPS) is 12.6. The molecule has 29 heavy (non-hydrogen) atoms. The van der Waals surface area contributed by atoms with Crippen molar-refractivity contribution in [2.45, 2.75) is 0 Å². The van der Waals surface area contributed by atoms with Gasteiger partial charge in [0, 0.05) is 0 Å². The van der Waals surface area contributed by atoms with Crippen molar-refractivity contribution in [1.29, 1.82) is 0 Å². The van der Waals surface area contributed by atoms with E-state index in [9.17, 15) is 4.79 Å². The number of ether oxygens (including phenoxy) is 3. The monoisotopic (exact) mass is 388 g/mol. The van der Waals surface area contributed by atoms with Crippen LogP contribution in [0.25, 0.3) is 11.1 Å². The Kier molecular flexibility index (Phi) is 5.71. The Morgan fingerprint density at radius 2 is 1.66 bits per heavy atom. The van der Waals surface area contributed by atoms with Crippen molar-refractivity contribution in [2.24, 2.45) is 5.10 Å². The van der Waals surface area contributed by atoms with Gasteiger partial charge in [-0.3, -0.25) is 4.79 Å². The molecule has 146 valence electrons. The lowest BCUT2D eigenvalue weighted by Gasteiger charge is -2.18. The van der Waals surface area contributed by atoms with E-state index in [1.807, 2.05) is 72.8 Å². The van der Waals surface area contributed by atoms with Crippen LogP contribution in [-0.2, 0) is 4.79 Å². The van der Waals surface area contributed by atoms with Gasteiger partial charge in [0.25, 0.3) is 5.91 Å². The summed E-state index contributed by atoms with van der Waals surface area (Å²) in [5.41, 5.74) is 5.47. The molecule has 4 rings (SSSR count). The van der Waals surface area contributed by atoms with Crippen molar-refractivity contribution in [3.63, 3.8) is 0 Å². The van der Waals surface area contributed by atoms with Gasteiger partial charge in [-0.1, -0.05) is 42.5 Å². The summed E-state index contributed by atoms with van der Waals surface area (Å²) in [6.45, 7) is 0.947. The summed E-state index contributed by atoms with van der Waals surface area (Å²) in [5.74, 6) is 1.67. The number of rotatable bonds is 6. The van der Waals surface area contributed by atoms with Gasteiger partial charge in [-0.25, -0.2) is 5.43 Å². The van der Waals surface area contributed by atoms with E-state index >= 15 is 0 Å². The van der Waals surface area contributed by atoms with Gasteiger partial charge in [0.05, 0.1) is 6.21 Å². The zero-order valence-electron chi connectivity index (χ0n) is 15.7. The molecule has 0 bridgehead atoms. The van der Waals surface area contributed by atoms with Crippen LogP contribution in [0, 0.1) is 0 Å². The second-order valence-electron chi connectivity index (χ2n) is 6.38. The third-order valence-electron chi connectivity index (χ3n) is 4.30. The average molecular weight is 388 g/mol. The first-order chi connectivity index (χ1) is 14.3. The molecule has 0 fully saturated rings. The maximum atomic E-state index is 11.9. The molecule has 1 aliphatic heterocycles. The highest BCUT2D eigenvalue weighted by molar-refractivity contribution is 5.83. The summed E-state index contributed by atoms with van der Waals surface area (Å²) in [7, 11) is 0. The molecule has 0 spiro atoms. The first-order valence-electron chi connectivity index (χ1n) is 9.28. The summed E-state index contributed by atoms with van der Waals surface area (Å²) in [5, 5.41) is 3.96. The minimum atomic E-state index is -0.342. The number of nitrogens with one attached hydrogen (secondary N) is 1. The minimum absolute atomic E-state index is 0.122. The number of nitrogens with zero attached hydrogens (tertiary/aromatic N) is 1. The Morgan fingerprint density at radius 3 is 2.45 bits per heavy atom. The fraction of sp³-hybridized carbons (Fsp3) is 0.130. The Hall–Kier alpha value is -3.80. The topological polar surface area (TPSA) is 69.2 Å². The van der Waals surface area contributed by atoms with Crippen LogP contribution < -0.4 is 19.6 Å². The van der Waals surface area contributed by atoms with Gasteiger partial charge in [0.2, 0.25) is 0 Å². The zero-order chi connectivity index (χ0) is 19.9. The molecule has 6 heteroatoms. The molecule has 0 aliphatic carbocycles. The number of hydrogen-bond acceptors (Lipinski definition) is 5. The highest BCUT2D eigenvalue weighted by atomic mass is 16.6. The van der Waals surface area contributed by atoms with Crippen LogP contribution in [0.1, 0.15) is 5.56 Å². The number of benzene rings is 3. The zero-order valence-corrected chi connectivity index (χ0v) is 15.7. The minimum Gasteiger partial charge on any atom is -0.486 e. The van der Waals surface area contributed by atoms with Crippen LogP contribution in [-0.4, -0.2) is 31.9 Å². The molecule has 0 atom stereocenters. The summed E-state index contributed by atoms with van der Waals surface area (Å²) in [6.07, 6.45) is 1.55. The number of fused-ring (bicyclic) bond motifs is 1. The van der Waals surface area contributed by atoms with Gasteiger partial charge in [-0.15, -0.1) is 0 Å². The summed E-state index contributed by atoms with van der Waals surface area (Å²) in [4.78, 5) is 11.9. The van der Waals surface area contributed by atoms with Gasteiger partial charge in [0.15, 0.2) is 18.1 Å². The smallest absolute Gasteiger partial charge is 0.277 e. The first kappa shape index (κ1) is 18.6. The van der Waals surface area contributed by atoms with Crippen LogP contribution >= 0.6 is 0 Å². The van der Waals surface area contributed by atoms with Crippen LogP contribution in [0.15, 0.2) is 77.9 Å². The van der Waals surface area contributed by atoms with Gasteiger partial charge in [0.1, 0.15) is 19.0 Å². The number of carbonyl (C=O) groups excluding carboxylic acids is 1. The molecule has 1 amide bonds. The Labute approximate surface area is 168 Å². The van der Waals surface area contributed by atoms with Crippen LogP contribution in [0.5, 0.6) is 17.2 Å². The molecule has 0 aromatic heterocycles. The molecule has 0 saturated heterocycles. The van der Waals surface area contributed by atoms with Gasteiger partial charge in [-0.2, -0.15) is 5.10 Å². The lowest BCUT2D eigenvalue weighted by molar-refractivity contribution is -0.123. The average Bonchev–Trinajstić information content (AvgIpc) is 2.78. The van der Waals surface area contributed by atoms with Crippen molar-refractivity contribution < 1.29 is 19.0 Å². The van der Waals surface area contributed by atoms with Gasteiger partial charge >= 0.3 is 0 Å². The van der Waals surface area contributed by atoms with Gasteiger partial charge in [-0.05, 0) is 47.0 Å². The second kappa shape index (κ2) is 8.93. The lowest BCUT2D eigenvalue weighted by Crippen LogP contribution is -2.24. The highest BCUT2D eigenvalue weighted by Crippen LogP contribution is 2.30. The molecule has 3 aromatic carbocycles. The maximum Gasteiger partial charge on any atom is 0.277 e. The van der Waals surface area contributed by atoms with Crippen molar-refractivity contribution >= 4 is 12.1 Å². The fourth-order valence-corrected chi connectivity index (χ4v) is 2.87. The van der Waals surface area contributed by atoms with Gasteiger partial charge < -0.3 is 14.2 Å². The fourth-order valence-electron chi connectivity index (χ4n) is 2.87. The summed E-state index contributed by atoms with van der Waals surface area (Å²) in [6, 6.07) is 23.1. The molecule has 1 heterocycles. The molecule has 0 unspecified atom stereocenters. The van der Waals surface area contributed by atoms with Crippen LogP contribution in [0.3, 0.4) is 0 Å². The van der Waals surface area contributed by atoms with E-state index in [-0.39, 0.29) is 12.5 Å². The van der Waals surface area contributed by atoms with E-state index < -0.39 is 0 Å². The lowest BCUT2D eigenvalue weighted by atomic mass is 10.1. The number of hydrazone groups is 1. The predicted molar refractivity (Wildman–Crippen MR) is 111 cm³/mol. The van der Waals surface area contributed by atoms with Crippen molar-refractivity contribution in [1.82, 2.24) is 5.43 Å². The largest absolute Gasteiger partial charge is 0.486 e. The number of hydrogen-bond donors (Lipinski definition) is 1. The van der Waals surface area contributed by atoms with Crippen LogP contribution in [0.4, 0.5) is 0 Å².